The summed E-state index contributed by atoms with van der Waals surface area (Å²) in [5, 5.41) is 0. The standard InChI is InChI=1S/C18H27N/c1-15-6-5-7-17(14-15)16-8-11-19(12-9-16)13-10-18(2,3)4/h5-8,14H,9-13H2,1-4H3. The second-order valence-corrected chi connectivity index (χ2v) is 6.96. The van der Waals surface area contributed by atoms with E-state index in [9.17, 15) is 0 Å². The Kier molecular flexibility index (Phi) is 4.46. The molecule has 0 radical (unpaired) electrons. The van der Waals surface area contributed by atoms with Gasteiger partial charge in [-0.3, -0.25) is 4.90 Å². The summed E-state index contributed by atoms with van der Waals surface area (Å²) in [5.74, 6) is 0. The predicted octanol–water partition coefficient (Wildman–Crippen LogP) is 4.52. The van der Waals surface area contributed by atoms with Gasteiger partial charge in [0, 0.05) is 13.1 Å². The number of aryl methyl sites for hydroxylation is 1. The number of hydrogen-bond donors (Lipinski definition) is 0. The van der Waals surface area contributed by atoms with Crippen molar-refractivity contribution in [3.05, 3.63) is 41.5 Å². The van der Waals surface area contributed by atoms with Gasteiger partial charge < -0.3 is 0 Å². The van der Waals surface area contributed by atoms with Gasteiger partial charge in [-0.25, -0.2) is 0 Å². The smallest absolute Gasteiger partial charge is 0.0169 e. The zero-order valence-electron chi connectivity index (χ0n) is 12.9. The van der Waals surface area contributed by atoms with Crippen molar-refractivity contribution in [3.8, 4) is 0 Å². The minimum atomic E-state index is 0.445. The Labute approximate surface area is 118 Å². The highest BCUT2D eigenvalue weighted by molar-refractivity contribution is 5.67. The highest BCUT2D eigenvalue weighted by Gasteiger charge is 2.16. The third-order valence-electron chi connectivity index (χ3n) is 3.86. The van der Waals surface area contributed by atoms with Crippen LogP contribution in [0.3, 0.4) is 0 Å². The minimum Gasteiger partial charge on any atom is -0.299 e. The van der Waals surface area contributed by atoms with Crippen LogP contribution in [0.4, 0.5) is 0 Å². The molecule has 1 aliphatic heterocycles. The van der Waals surface area contributed by atoms with E-state index in [2.05, 4.69) is 62.9 Å². The Hall–Kier alpha value is -1.08. The first-order valence-electron chi connectivity index (χ1n) is 7.42. The van der Waals surface area contributed by atoms with Crippen LogP contribution in [0.1, 0.15) is 44.7 Å². The summed E-state index contributed by atoms with van der Waals surface area (Å²) < 4.78 is 0. The zero-order chi connectivity index (χ0) is 13.9. The van der Waals surface area contributed by atoms with E-state index in [-0.39, 0.29) is 0 Å². The molecule has 1 aromatic rings. The summed E-state index contributed by atoms with van der Waals surface area (Å²) in [6, 6.07) is 8.88. The molecule has 2 rings (SSSR count). The summed E-state index contributed by atoms with van der Waals surface area (Å²) in [6.07, 6.45) is 4.88. The summed E-state index contributed by atoms with van der Waals surface area (Å²) in [4.78, 5) is 2.57. The lowest BCUT2D eigenvalue weighted by molar-refractivity contribution is 0.245. The van der Waals surface area contributed by atoms with Gasteiger partial charge in [0.2, 0.25) is 0 Å². The summed E-state index contributed by atoms with van der Waals surface area (Å²) in [6.45, 7) is 12.7. The molecule has 0 spiro atoms. The first-order valence-corrected chi connectivity index (χ1v) is 7.42. The fraction of sp³-hybridized carbons (Fsp3) is 0.556. The lowest BCUT2D eigenvalue weighted by atomic mass is 9.91. The third kappa shape index (κ3) is 4.50. The van der Waals surface area contributed by atoms with Crippen LogP contribution in [0.15, 0.2) is 30.3 Å². The Morgan fingerprint density at radius 3 is 2.58 bits per heavy atom. The molecular formula is C18H27N. The molecule has 0 bridgehead atoms. The molecule has 1 aromatic carbocycles. The number of hydrogen-bond acceptors (Lipinski definition) is 1. The van der Waals surface area contributed by atoms with E-state index in [1.165, 1.54) is 42.6 Å². The van der Waals surface area contributed by atoms with Crippen molar-refractivity contribution in [1.82, 2.24) is 4.90 Å². The van der Waals surface area contributed by atoms with E-state index in [0.717, 1.165) is 6.54 Å². The lowest BCUT2D eigenvalue weighted by Gasteiger charge is -2.29. The van der Waals surface area contributed by atoms with E-state index < -0.39 is 0 Å². The molecule has 1 heteroatoms. The van der Waals surface area contributed by atoms with E-state index in [1.54, 1.807) is 0 Å². The van der Waals surface area contributed by atoms with Crippen LogP contribution < -0.4 is 0 Å². The molecule has 0 aromatic heterocycles. The Morgan fingerprint density at radius 1 is 1.21 bits per heavy atom. The van der Waals surface area contributed by atoms with Crippen molar-refractivity contribution in [3.63, 3.8) is 0 Å². The topological polar surface area (TPSA) is 3.24 Å². The Balaban J connectivity index is 1.93. The van der Waals surface area contributed by atoms with Gasteiger partial charge >= 0.3 is 0 Å². The third-order valence-corrected chi connectivity index (χ3v) is 3.86. The van der Waals surface area contributed by atoms with Crippen molar-refractivity contribution in [2.75, 3.05) is 19.6 Å². The molecule has 0 saturated heterocycles. The molecule has 0 unspecified atom stereocenters. The average molecular weight is 257 g/mol. The average Bonchev–Trinajstić information content (AvgIpc) is 2.36. The fourth-order valence-corrected chi connectivity index (χ4v) is 2.51. The van der Waals surface area contributed by atoms with Gasteiger partial charge in [-0.05, 0) is 42.9 Å². The molecule has 1 aliphatic rings. The van der Waals surface area contributed by atoms with Crippen molar-refractivity contribution in [1.29, 1.82) is 0 Å². The van der Waals surface area contributed by atoms with Crippen LogP contribution in [0.25, 0.3) is 5.57 Å². The van der Waals surface area contributed by atoms with Crippen LogP contribution in [-0.4, -0.2) is 24.5 Å². The van der Waals surface area contributed by atoms with E-state index in [0.29, 0.717) is 5.41 Å². The molecule has 0 aliphatic carbocycles. The maximum Gasteiger partial charge on any atom is 0.0169 e. The van der Waals surface area contributed by atoms with Crippen molar-refractivity contribution in [2.45, 2.75) is 40.5 Å². The normalized spacial score (nSPS) is 17.4. The second-order valence-electron chi connectivity index (χ2n) is 6.96. The van der Waals surface area contributed by atoms with Crippen molar-refractivity contribution >= 4 is 5.57 Å². The van der Waals surface area contributed by atoms with Crippen molar-refractivity contribution < 1.29 is 0 Å². The number of nitrogens with zero attached hydrogens (tertiary/aromatic N) is 1. The quantitative estimate of drug-likeness (QED) is 0.769. The molecule has 0 atom stereocenters. The molecule has 19 heavy (non-hydrogen) atoms. The maximum atomic E-state index is 2.57. The number of benzene rings is 1. The summed E-state index contributed by atoms with van der Waals surface area (Å²) in [7, 11) is 0. The van der Waals surface area contributed by atoms with Gasteiger partial charge in [-0.1, -0.05) is 56.7 Å². The highest BCUT2D eigenvalue weighted by Crippen LogP contribution is 2.24. The SMILES string of the molecule is Cc1cccc(C2=CCN(CCC(C)(C)C)CC2)c1. The summed E-state index contributed by atoms with van der Waals surface area (Å²) in [5.41, 5.74) is 4.74. The molecule has 0 N–H and O–H groups in total. The van der Waals surface area contributed by atoms with Gasteiger partial charge in [0.15, 0.2) is 0 Å². The molecular weight excluding hydrogens is 230 g/mol. The maximum absolute atomic E-state index is 2.57. The van der Waals surface area contributed by atoms with Crippen molar-refractivity contribution in [2.24, 2.45) is 5.41 Å². The van der Waals surface area contributed by atoms with Gasteiger partial charge in [-0.2, -0.15) is 0 Å². The predicted molar refractivity (Wildman–Crippen MR) is 84.3 cm³/mol. The molecule has 104 valence electrons. The van der Waals surface area contributed by atoms with E-state index in [1.807, 2.05) is 0 Å². The molecule has 0 amide bonds. The molecule has 0 fully saturated rings. The summed E-state index contributed by atoms with van der Waals surface area (Å²) >= 11 is 0. The van der Waals surface area contributed by atoms with Crippen LogP contribution in [-0.2, 0) is 0 Å². The minimum absolute atomic E-state index is 0.445. The van der Waals surface area contributed by atoms with Crippen LogP contribution in [0.2, 0.25) is 0 Å². The molecule has 0 saturated carbocycles. The Bertz CT molecular complexity index is 451. The molecule has 1 nitrogen and oxygen atoms in total. The fourth-order valence-electron chi connectivity index (χ4n) is 2.51. The molecule has 1 heterocycles. The van der Waals surface area contributed by atoms with Gasteiger partial charge in [-0.15, -0.1) is 0 Å². The largest absolute Gasteiger partial charge is 0.299 e. The van der Waals surface area contributed by atoms with Gasteiger partial charge in [0.05, 0.1) is 0 Å². The van der Waals surface area contributed by atoms with Gasteiger partial charge in [0.25, 0.3) is 0 Å². The van der Waals surface area contributed by atoms with E-state index in [4.69, 9.17) is 0 Å². The monoisotopic (exact) mass is 257 g/mol. The van der Waals surface area contributed by atoms with Crippen LogP contribution in [0.5, 0.6) is 0 Å². The highest BCUT2D eigenvalue weighted by atomic mass is 15.1. The Morgan fingerprint density at radius 2 is 2.00 bits per heavy atom. The van der Waals surface area contributed by atoms with Gasteiger partial charge in [0.1, 0.15) is 0 Å². The van der Waals surface area contributed by atoms with E-state index >= 15 is 0 Å². The zero-order valence-corrected chi connectivity index (χ0v) is 12.9. The number of rotatable bonds is 3. The second kappa shape index (κ2) is 5.92. The first kappa shape index (κ1) is 14.3. The lowest BCUT2D eigenvalue weighted by Crippen LogP contribution is -2.31. The van der Waals surface area contributed by atoms with Crippen LogP contribution in [0, 0.1) is 12.3 Å². The first-order chi connectivity index (χ1) is 8.94. The van der Waals surface area contributed by atoms with Crippen LogP contribution >= 0.6 is 0 Å².